The number of hydrogen-bond acceptors (Lipinski definition) is 4. The number of hydrogen-bond donors (Lipinski definition) is 0. The van der Waals surface area contributed by atoms with Crippen molar-refractivity contribution < 1.29 is 19.8 Å². The van der Waals surface area contributed by atoms with Crippen LogP contribution >= 0.6 is 0 Å². The molecule has 1 saturated carbocycles. The lowest BCUT2D eigenvalue weighted by molar-refractivity contribution is -0.324. The molecule has 0 aromatic carbocycles. The first-order valence-electron chi connectivity index (χ1n) is 3.03. The molecule has 0 spiro atoms. The zero-order chi connectivity index (χ0) is 7.72. The minimum Gasteiger partial charge on any atom is -0.550 e. The van der Waals surface area contributed by atoms with Crippen LogP contribution in [0.1, 0.15) is 12.8 Å². The van der Waals surface area contributed by atoms with Gasteiger partial charge in [-0.25, -0.2) is 0 Å². The van der Waals surface area contributed by atoms with Crippen LogP contribution in [-0.2, 0) is 9.59 Å². The molecule has 0 unspecified atom stereocenters. The first-order chi connectivity index (χ1) is 4.61. The van der Waals surface area contributed by atoms with Gasteiger partial charge in [0.25, 0.3) is 0 Å². The summed E-state index contributed by atoms with van der Waals surface area (Å²) in [5.74, 6) is -3.44. The first kappa shape index (κ1) is 7.05. The summed E-state index contributed by atoms with van der Waals surface area (Å²) < 4.78 is 0. The van der Waals surface area contributed by atoms with Crippen LogP contribution in [0.5, 0.6) is 0 Å². The lowest BCUT2D eigenvalue weighted by atomic mass is 9.75. The fourth-order valence-corrected chi connectivity index (χ4v) is 1.00. The van der Waals surface area contributed by atoms with Gasteiger partial charge in [0.1, 0.15) is 0 Å². The van der Waals surface area contributed by atoms with Gasteiger partial charge < -0.3 is 19.8 Å². The predicted molar refractivity (Wildman–Crippen MR) is 26.2 cm³/mol. The molecular weight excluding hydrogens is 136 g/mol. The van der Waals surface area contributed by atoms with Crippen molar-refractivity contribution in [3.8, 4) is 0 Å². The Balaban J connectivity index is 2.31. The van der Waals surface area contributed by atoms with E-state index in [-0.39, 0.29) is 12.8 Å². The molecule has 0 aliphatic heterocycles. The van der Waals surface area contributed by atoms with Gasteiger partial charge >= 0.3 is 0 Å². The summed E-state index contributed by atoms with van der Waals surface area (Å²) in [5, 5.41) is 20.1. The fourth-order valence-electron chi connectivity index (χ4n) is 1.00. The minimum atomic E-state index is -1.16. The Kier molecular flexibility index (Phi) is 1.61. The Bertz CT molecular complexity index is 151. The monoisotopic (exact) mass is 142 g/mol. The average Bonchev–Trinajstić information content (AvgIpc) is 1.56. The maximum absolute atomic E-state index is 10.0. The Labute approximate surface area is 57.5 Å². The van der Waals surface area contributed by atoms with Crippen molar-refractivity contribution in [3.05, 3.63) is 0 Å². The fraction of sp³-hybridized carbons (Fsp3) is 0.667. The van der Waals surface area contributed by atoms with E-state index in [2.05, 4.69) is 0 Å². The zero-order valence-electron chi connectivity index (χ0n) is 5.20. The standard InChI is InChI=1S/C6H8O4/c7-5(8)3-1-4(2-3)6(9)10/h3-4H,1-2H2,(H,7,8)(H,9,10)/p-2. The Morgan fingerprint density at radius 2 is 1.30 bits per heavy atom. The van der Waals surface area contributed by atoms with E-state index in [4.69, 9.17) is 0 Å². The third-order valence-corrected chi connectivity index (χ3v) is 1.80. The van der Waals surface area contributed by atoms with Crippen LogP contribution in [0.3, 0.4) is 0 Å². The van der Waals surface area contributed by atoms with Crippen LogP contribution in [0, 0.1) is 11.8 Å². The summed E-state index contributed by atoms with van der Waals surface area (Å²) in [6, 6.07) is 0. The minimum absolute atomic E-state index is 0.171. The molecule has 0 radical (unpaired) electrons. The van der Waals surface area contributed by atoms with Gasteiger partial charge in [0.2, 0.25) is 0 Å². The van der Waals surface area contributed by atoms with Crippen molar-refractivity contribution >= 4 is 11.9 Å². The molecule has 0 saturated heterocycles. The Hall–Kier alpha value is -1.06. The first-order valence-corrected chi connectivity index (χ1v) is 3.03. The van der Waals surface area contributed by atoms with Crippen molar-refractivity contribution in [2.75, 3.05) is 0 Å². The maximum Gasteiger partial charge on any atom is 0.0445 e. The Morgan fingerprint density at radius 3 is 1.50 bits per heavy atom. The van der Waals surface area contributed by atoms with E-state index in [1.807, 2.05) is 0 Å². The lowest BCUT2D eigenvalue weighted by Crippen LogP contribution is -2.46. The molecular formula is C6H6O4-2. The largest absolute Gasteiger partial charge is 0.550 e. The zero-order valence-corrected chi connectivity index (χ0v) is 5.20. The van der Waals surface area contributed by atoms with E-state index in [1.54, 1.807) is 0 Å². The normalized spacial score (nSPS) is 30.8. The number of rotatable bonds is 2. The van der Waals surface area contributed by atoms with Crippen LogP contribution in [-0.4, -0.2) is 11.9 Å². The van der Waals surface area contributed by atoms with Crippen LogP contribution in [0.4, 0.5) is 0 Å². The van der Waals surface area contributed by atoms with Crippen molar-refractivity contribution in [1.29, 1.82) is 0 Å². The highest BCUT2D eigenvalue weighted by Crippen LogP contribution is 2.32. The molecule has 4 nitrogen and oxygen atoms in total. The van der Waals surface area contributed by atoms with Crippen LogP contribution < -0.4 is 10.2 Å². The Morgan fingerprint density at radius 1 is 1.00 bits per heavy atom. The van der Waals surface area contributed by atoms with Crippen molar-refractivity contribution in [2.45, 2.75) is 12.8 Å². The summed E-state index contributed by atoms with van der Waals surface area (Å²) in [6.45, 7) is 0. The van der Waals surface area contributed by atoms with Gasteiger partial charge in [-0.2, -0.15) is 0 Å². The van der Waals surface area contributed by atoms with Crippen LogP contribution in [0.25, 0.3) is 0 Å². The van der Waals surface area contributed by atoms with Gasteiger partial charge in [-0.3, -0.25) is 0 Å². The van der Waals surface area contributed by atoms with Crippen molar-refractivity contribution in [3.63, 3.8) is 0 Å². The second-order valence-electron chi connectivity index (χ2n) is 2.50. The highest BCUT2D eigenvalue weighted by Gasteiger charge is 2.30. The summed E-state index contributed by atoms with van der Waals surface area (Å²) in [6.07, 6.45) is 0.343. The van der Waals surface area contributed by atoms with Gasteiger partial charge in [-0.1, -0.05) is 0 Å². The molecule has 0 heterocycles. The van der Waals surface area contributed by atoms with E-state index in [0.29, 0.717) is 0 Å². The number of carboxylic acid groups (broad SMARTS) is 2. The number of carbonyl (C=O) groups excluding carboxylic acids is 2. The molecule has 0 bridgehead atoms. The third kappa shape index (κ3) is 1.10. The van der Waals surface area contributed by atoms with Gasteiger partial charge in [0.15, 0.2) is 0 Å². The molecule has 1 rings (SSSR count). The predicted octanol–water partition coefficient (Wildman–Crippen LogP) is -2.49. The molecule has 0 aromatic heterocycles. The van der Waals surface area contributed by atoms with Gasteiger partial charge in [0, 0.05) is 11.9 Å². The topological polar surface area (TPSA) is 80.3 Å². The molecule has 56 valence electrons. The van der Waals surface area contributed by atoms with E-state index in [9.17, 15) is 19.8 Å². The summed E-state index contributed by atoms with van der Waals surface area (Å²) in [7, 11) is 0. The van der Waals surface area contributed by atoms with Crippen molar-refractivity contribution in [2.24, 2.45) is 11.8 Å². The summed E-state index contributed by atoms with van der Waals surface area (Å²) in [5.41, 5.74) is 0. The number of aliphatic carboxylic acids is 2. The highest BCUT2D eigenvalue weighted by molar-refractivity contribution is 5.75. The maximum atomic E-state index is 10.0. The lowest BCUT2D eigenvalue weighted by Gasteiger charge is -2.36. The van der Waals surface area contributed by atoms with Crippen LogP contribution in [0.15, 0.2) is 0 Å². The summed E-state index contributed by atoms with van der Waals surface area (Å²) >= 11 is 0. The number of carbonyl (C=O) groups is 2. The molecule has 4 heteroatoms. The van der Waals surface area contributed by atoms with Gasteiger partial charge in [-0.15, -0.1) is 0 Å². The second-order valence-corrected chi connectivity index (χ2v) is 2.50. The van der Waals surface area contributed by atoms with Gasteiger partial charge in [-0.05, 0) is 24.7 Å². The smallest absolute Gasteiger partial charge is 0.0445 e. The quantitative estimate of drug-likeness (QED) is 0.427. The molecule has 0 atom stereocenters. The molecule has 1 aliphatic carbocycles. The van der Waals surface area contributed by atoms with Gasteiger partial charge in [0.05, 0.1) is 0 Å². The molecule has 10 heavy (non-hydrogen) atoms. The van der Waals surface area contributed by atoms with E-state index in [1.165, 1.54) is 0 Å². The SMILES string of the molecule is O=C([O-])C1CC(C(=O)[O-])C1. The van der Waals surface area contributed by atoms with Crippen LogP contribution in [0.2, 0.25) is 0 Å². The van der Waals surface area contributed by atoms with E-state index >= 15 is 0 Å². The molecule has 0 aromatic rings. The van der Waals surface area contributed by atoms with Crippen molar-refractivity contribution in [1.82, 2.24) is 0 Å². The molecule has 0 N–H and O–H groups in total. The molecule has 1 aliphatic rings. The van der Waals surface area contributed by atoms with E-state index in [0.717, 1.165) is 0 Å². The second kappa shape index (κ2) is 2.28. The third-order valence-electron chi connectivity index (χ3n) is 1.80. The molecule has 1 fully saturated rings. The summed E-state index contributed by atoms with van der Waals surface area (Å²) in [4.78, 5) is 20.1. The highest BCUT2D eigenvalue weighted by atomic mass is 16.4. The molecule has 0 amide bonds. The van der Waals surface area contributed by atoms with E-state index < -0.39 is 23.8 Å². The number of carboxylic acids is 2. The average molecular weight is 142 g/mol.